The number of nitrogens with zero attached hydrogens (tertiary/aromatic N) is 2. The molecule has 0 saturated heterocycles. The lowest BCUT2D eigenvalue weighted by molar-refractivity contribution is -0.144. The smallest absolute Gasteiger partial charge is 0.318 e. The van der Waals surface area contributed by atoms with Crippen molar-refractivity contribution in [3.63, 3.8) is 0 Å². The third-order valence-electron chi connectivity index (χ3n) is 1.95. The summed E-state index contributed by atoms with van der Waals surface area (Å²) in [6.45, 7) is 3.50. The summed E-state index contributed by atoms with van der Waals surface area (Å²) in [5.41, 5.74) is 0.246. The minimum absolute atomic E-state index is 0.112. The second kappa shape index (κ2) is 4.51. The van der Waals surface area contributed by atoms with E-state index in [9.17, 15) is 9.59 Å². The summed E-state index contributed by atoms with van der Waals surface area (Å²) in [4.78, 5) is 26.1. The monoisotopic (exact) mass is 206 g/mol. The molecule has 0 aliphatic carbocycles. The predicted molar refractivity (Wildman–Crippen MR) is 51.9 cm³/mol. The van der Waals surface area contributed by atoms with E-state index in [4.69, 9.17) is 10.00 Å². The maximum atomic E-state index is 11.4. The van der Waals surface area contributed by atoms with Crippen LogP contribution in [0.4, 0.5) is 0 Å². The Hall–Kier alpha value is -1.96. The van der Waals surface area contributed by atoms with Gasteiger partial charge in [-0.15, -0.1) is 0 Å². The lowest BCUT2D eigenvalue weighted by atomic mass is 9.98. The number of rotatable bonds is 2. The molecule has 0 aromatic heterocycles. The van der Waals surface area contributed by atoms with Crippen LogP contribution in [0.5, 0.6) is 0 Å². The molecule has 0 N–H and O–H groups in total. The normalized spacial score (nSPS) is 20.1. The molecule has 0 fully saturated rings. The minimum Gasteiger partial charge on any atom is -0.465 e. The second-order valence-electron chi connectivity index (χ2n) is 2.98. The number of nitriles is 1. The highest BCUT2D eigenvalue weighted by Gasteiger charge is 2.27. The van der Waals surface area contributed by atoms with Gasteiger partial charge in [0.15, 0.2) is 0 Å². The van der Waals surface area contributed by atoms with Crippen molar-refractivity contribution in [2.75, 3.05) is 6.61 Å². The molecule has 5 nitrogen and oxygen atoms in total. The van der Waals surface area contributed by atoms with Gasteiger partial charge in [-0.25, -0.2) is 4.99 Å². The predicted octanol–water partition coefficient (Wildman–Crippen LogP) is 0.617. The first-order valence-corrected chi connectivity index (χ1v) is 4.48. The summed E-state index contributed by atoms with van der Waals surface area (Å²) in [7, 11) is 0. The fraction of sp³-hybridized carbons (Fsp3) is 0.400. The summed E-state index contributed by atoms with van der Waals surface area (Å²) in [6, 6.07) is 1.70. The van der Waals surface area contributed by atoms with Crippen molar-refractivity contribution in [3.8, 4) is 6.07 Å². The molecule has 0 spiro atoms. The molecule has 1 amide bonds. The maximum Gasteiger partial charge on any atom is 0.318 e. The van der Waals surface area contributed by atoms with E-state index < -0.39 is 17.8 Å². The van der Waals surface area contributed by atoms with E-state index in [0.29, 0.717) is 5.71 Å². The van der Waals surface area contributed by atoms with Crippen molar-refractivity contribution in [2.24, 2.45) is 10.9 Å². The van der Waals surface area contributed by atoms with Gasteiger partial charge in [-0.1, -0.05) is 0 Å². The summed E-state index contributed by atoms with van der Waals surface area (Å²) in [5.74, 6) is -1.80. The fourth-order valence-corrected chi connectivity index (χ4v) is 1.20. The van der Waals surface area contributed by atoms with Crippen molar-refractivity contribution >= 4 is 17.6 Å². The Balaban J connectivity index is 2.96. The molecule has 0 saturated carbocycles. The van der Waals surface area contributed by atoms with Crippen LogP contribution in [0.1, 0.15) is 13.8 Å². The van der Waals surface area contributed by atoms with Crippen LogP contribution >= 0.6 is 0 Å². The maximum absolute atomic E-state index is 11.4. The van der Waals surface area contributed by atoms with E-state index in [1.807, 2.05) is 0 Å². The van der Waals surface area contributed by atoms with E-state index >= 15 is 0 Å². The number of hydrogen-bond acceptors (Lipinski definition) is 4. The van der Waals surface area contributed by atoms with Crippen molar-refractivity contribution in [3.05, 3.63) is 11.6 Å². The highest BCUT2D eigenvalue weighted by Crippen LogP contribution is 2.15. The summed E-state index contributed by atoms with van der Waals surface area (Å²) >= 11 is 0. The molecule has 0 aromatic rings. The Morgan fingerprint density at radius 3 is 2.93 bits per heavy atom. The lowest BCUT2D eigenvalue weighted by Crippen LogP contribution is -2.27. The Bertz CT molecular complexity index is 401. The highest BCUT2D eigenvalue weighted by atomic mass is 16.5. The zero-order valence-corrected chi connectivity index (χ0v) is 8.48. The molecule has 0 aromatic carbocycles. The van der Waals surface area contributed by atoms with Crippen molar-refractivity contribution in [1.82, 2.24) is 0 Å². The average molecular weight is 206 g/mol. The molecular weight excluding hydrogens is 196 g/mol. The third-order valence-corrected chi connectivity index (χ3v) is 1.95. The van der Waals surface area contributed by atoms with Gasteiger partial charge in [-0.05, 0) is 19.9 Å². The van der Waals surface area contributed by atoms with Gasteiger partial charge >= 0.3 is 5.97 Å². The molecule has 1 heterocycles. The van der Waals surface area contributed by atoms with Crippen LogP contribution in [0.25, 0.3) is 0 Å². The van der Waals surface area contributed by atoms with E-state index in [1.165, 1.54) is 6.08 Å². The lowest BCUT2D eigenvalue weighted by Gasteiger charge is -2.14. The molecule has 15 heavy (non-hydrogen) atoms. The standard InChI is InChI=1S/C10H10N2O3/c1-3-15-10(14)8-4-7(5-11)9(13)12-6(8)2/h4,8H,3H2,1-2H3. The van der Waals surface area contributed by atoms with Crippen molar-refractivity contribution in [1.29, 1.82) is 5.26 Å². The summed E-state index contributed by atoms with van der Waals surface area (Å²) < 4.78 is 4.79. The first-order chi connectivity index (χ1) is 7.10. The van der Waals surface area contributed by atoms with Gasteiger partial charge in [0.2, 0.25) is 0 Å². The minimum atomic E-state index is -0.711. The molecule has 78 valence electrons. The van der Waals surface area contributed by atoms with Crippen LogP contribution in [0.3, 0.4) is 0 Å². The van der Waals surface area contributed by atoms with Crippen LogP contribution in [-0.2, 0) is 14.3 Å². The Labute approximate surface area is 87.1 Å². The molecule has 0 radical (unpaired) electrons. The first-order valence-electron chi connectivity index (χ1n) is 4.48. The van der Waals surface area contributed by atoms with Gasteiger partial charge in [0.05, 0.1) is 6.61 Å². The van der Waals surface area contributed by atoms with Gasteiger partial charge in [-0.3, -0.25) is 9.59 Å². The largest absolute Gasteiger partial charge is 0.465 e. The Kier molecular flexibility index (Phi) is 3.34. The molecule has 0 bridgehead atoms. The number of dihydropyridines is 1. The Morgan fingerprint density at radius 1 is 1.73 bits per heavy atom. The van der Waals surface area contributed by atoms with Gasteiger partial charge in [-0.2, -0.15) is 5.26 Å². The van der Waals surface area contributed by atoms with Gasteiger partial charge in [0.25, 0.3) is 5.91 Å². The van der Waals surface area contributed by atoms with Crippen LogP contribution in [0.2, 0.25) is 0 Å². The zero-order valence-electron chi connectivity index (χ0n) is 8.48. The van der Waals surface area contributed by atoms with Crippen LogP contribution in [0, 0.1) is 17.2 Å². The summed E-state index contributed by atoms with van der Waals surface area (Å²) in [5, 5.41) is 8.62. The first kappa shape index (κ1) is 11.1. The molecule has 1 aliphatic rings. The molecule has 1 aliphatic heterocycles. The molecule has 1 unspecified atom stereocenters. The number of aliphatic imine (C=N–C) groups is 1. The van der Waals surface area contributed by atoms with Crippen molar-refractivity contribution in [2.45, 2.75) is 13.8 Å². The van der Waals surface area contributed by atoms with E-state index in [2.05, 4.69) is 4.99 Å². The van der Waals surface area contributed by atoms with E-state index in [-0.39, 0.29) is 12.2 Å². The number of carbonyl (C=O) groups excluding carboxylic acids is 2. The van der Waals surface area contributed by atoms with E-state index in [1.54, 1.807) is 19.9 Å². The topological polar surface area (TPSA) is 79.5 Å². The van der Waals surface area contributed by atoms with Crippen LogP contribution < -0.4 is 0 Å². The second-order valence-corrected chi connectivity index (χ2v) is 2.98. The van der Waals surface area contributed by atoms with Crippen LogP contribution in [-0.4, -0.2) is 24.2 Å². The highest BCUT2D eigenvalue weighted by molar-refractivity contribution is 6.14. The zero-order chi connectivity index (χ0) is 11.4. The molecule has 1 atom stereocenters. The number of ether oxygens (including phenoxy) is 1. The molecule has 1 rings (SSSR count). The third kappa shape index (κ3) is 2.29. The van der Waals surface area contributed by atoms with Gasteiger partial charge in [0.1, 0.15) is 17.6 Å². The van der Waals surface area contributed by atoms with Crippen LogP contribution in [0.15, 0.2) is 16.6 Å². The van der Waals surface area contributed by atoms with Gasteiger partial charge in [0, 0.05) is 5.71 Å². The van der Waals surface area contributed by atoms with Crippen molar-refractivity contribution < 1.29 is 14.3 Å². The number of hydrogen-bond donors (Lipinski definition) is 0. The fourth-order valence-electron chi connectivity index (χ4n) is 1.20. The molecule has 5 heteroatoms. The molecular formula is C10H10N2O3. The Morgan fingerprint density at radius 2 is 2.40 bits per heavy atom. The number of carbonyl (C=O) groups is 2. The average Bonchev–Trinajstić information content (AvgIpc) is 2.18. The van der Waals surface area contributed by atoms with Gasteiger partial charge < -0.3 is 4.74 Å². The quantitative estimate of drug-likeness (QED) is 0.620. The number of esters is 1. The number of amides is 1. The summed E-state index contributed by atoms with van der Waals surface area (Å²) in [6.07, 6.45) is 1.29. The SMILES string of the molecule is CCOC(=O)C1C=C(C#N)C(=O)N=C1C. The van der Waals surface area contributed by atoms with E-state index in [0.717, 1.165) is 0 Å².